The Bertz CT molecular complexity index is 806. The first kappa shape index (κ1) is 20.2. The van der Waals surface area contributed by atoms with E-state index in [1.54, 1.807) is 7.11 Å². The molecule has 3 heterocycles. The number of fused-ring (bicyclic) bond motifs is 1. The highest BCUT2D eigenvalue weighted by Crippen LogP contribution is 2.31. The van der Waals surface area contributed by atoms with E-state index in [0.29, 0.717) is 12.0 Å². The van der Waals surface area contributed by atoms with Crippen LogP contribution in [0, 0.1) is 0 Å². The van der Waals surface area contributed by atoms with E-state index in [9.17, 15) is 0 Å². The molecule has 0 radical (unpaired) electrons. The molecule has 4 rings (SSSR count). The molecule has 26 heavy (non-hydrogen) atoms. The summed E-state index contributed by atoms with van der Waals surface area (Å²) in [7, 11) is 1.67. The van der Waals surface area contributed by atoms with Crippen molar-refractivity contribution >= 4 is 12.4 Å². The fourth-order valence-corrected chi connectivity index (χ4v) is 3.43. The van der Waals surface area contributed by atoms with Crippen molar-refractivity contribution in [3.63, 3.8) is 0 Å². The van der Waals surface area contributed by atoms with Gasteiger partial charge in [-0.1, -0.05) is 0 Å². The summed E-state index contributed by atoms with van der Waals surface area (Å²) in [5, 5.41) is 3.49. The van der Waals surface area contributed by atoms with Crippen molar-refractivity contribution in [1.29, 1.82) is 0 Å². The predicted molar refractivity (Wildman–Crippen MR) is 105 cm³/mol. The number of halogens is 1. The summed E-state index contributed by atoms with van der Waals surface area (Å²) in [4.78, 5) is 12.8. The predicted octanol–water partition coefficient (Wildman–Crippen LogP) is 3.04. The summed E-state index contributed by atoms with van der Waals surface area (Å²) in [6.45, 7) is 3.28. The molecular formula is C19H25ClN4O2. The average molecular weight is 377 g/mol. The fraction of sp³-hybridized carbons (Fsp3) is 0.368. The highest BCUT2D eigenvalue weighted by atomic mass is 35.5. The first-order valence-corrected chi connectivity index (χ1v) is 8.46. The van der Waals surface area contributed by atoms with Crippen LogP contribution >= 0.6 is 12.4 Å². The second-order valence-corrected chi connectivity index (χ2v) is 6.51. The summed E-state index contributed by atoms with van der Waals surface area (Å²) < 4.78 is 5.21. The zero-order chi connectivity index (χ0) is 16.5. The molecule has 2 atom stereocenters. The van der Waals surface area contributed by atoms with Gasteiger partial charge in [-0.3, -0.25) is 0 Å². The van der Waals surface area contributed by atoms with Crippen molar-refractivity contribution in [2.45, 2.75) is 31.7 Å². The summed E-state index contributed by atoms with van der Waals surface area (Å²) in [6, 6.07) is 10.6. The molecule has 1 aromatic carbocycles. The van der Waals surface area contributed by atoms with Gasteiger partial charge in [-0.05, 0) is 56.6 Å². The van der Waals surface area contributed by atoms with E-state index in [4.69, 9.17) is 9.72 Å². The van der Waals surface area contributed by atoms with Crippen LogP contribution in [0.2, 0.25) is 0 Å². The molecule has 0 saturated carbocycles. The van der Waals surface area contributed by atoms with Crippen molar-refractivity contribution in [2.75, 3.05) is 13.7 Å². The van der Waals surface area contributed by atoms with Crippen molar-refractivity contribution < 1.29 is 10.2 Å². The number of methoxy groups -OCH3 is 1. The molecule has 3 aliphatic heterocycles. The van der Waals surface area contributed by atoms with Crippen LogP contribution in [-0.2, 0) is 0 Å². The number of H-pyrrole nitrogens is 1. The minimum Gasteiger partial charge on any atom is -0.497 e. The van der Waals surface area contributed by atoms with Gasteiger partial charge >= 0.3 is 0 Å². The maximum atomic E-state index is 5.21. The number of hydrogen-bond acceptors (Lipinski definition) is 4. The topological polar surface area (TPSA) is 94.3 Å². The number of piperidine rings is 1. The first-order chi connectivity index (χ1) is 11.7. The number of ether oxygens (including phenoxy) is 1. The van der Waals surface area contributed by atoms with Crippen molar-refractivity contribution in [1.82, 2.24) is 20.3 Å². The number of aromatic amines is 1. The SMILES string of the molecule is COc1ccc(-c2cc3[nH]c(C4CCNC(C)C4)ncc-3n2)cc1.Cl.O. The largest absolute Gasteiger partial charge is 0.497 e. The van der Waals surface area contributed by atoms with Gasteiger partial charge in [-0.15, -0.1) is 12.4 Å². The Morgan fingerprint density at radius 2 is 1.92 bits per heavy atom. The third kappa shape index (κ3) is 3.98. The van der Waals surface area contributed by atoms with Crippen LogP contribution in [0.3, 0.4) is 0 Å². The standard InChI is InChI=1S/C19H22N4O.ClH.H2O/c1-12-9-14(7-8-20-12)19-21-11-18-17(23-19)10-16(22-18)13-3-5-15(24-2)6-4-13;;/h3-6,10-12,14,20H,7-9H2,1-2H3,(H,21,23);1H;1H2. The first-order valence-electron chi connectivity index (χ1n) is 8.46. The Hall–Kier alpha value is -2.15. The molecule has 140 valence electrons. The van der Waals surface area contributed by atoms with Gasteiger partial charge in [-0.2, -0.15) is 0 Å². The van der Waals surface area contributed by atoms with E-state index < -0.39 is 0 Å². The lowest BCUT2D eigenvalue weighted by Gasteiger charge is -2.27. The van der Waals surface area contributed by atoms with E-state index in [2.05, 4.69) is 28.3 Å². The van der Waals surface area contributed by atoms with E-state index in [0.717, 1.165) is 53.6 Å². The number of rotatable bonds is 3. The van der Waals surface area contributed by atoms with Crippen molar-refractivity contribution in [2.24, 2.45) is 0 Å². The Kier molecular flexibility index (Phi) is 6.58. The summed E-state index contributed by atoms with van der Waals surface area (Å²) in [6.07, 6.45) is 4.13. The summed E-state index contributed by atoms with van der Waals surface area (Å²) in [5.41, 5.74) is 4.00. The number of nitrogens with one attached hydrogen (secondary N) is 2. The molecule has 0 aliphatic carbocycles. The number of nitrogens with zero attached hydrogens (tertiary/aromatic N) is 2. The Labute approximate surface area is 159 Å². The van der Waals surface area contributed by atoms with E-state index in [1.165, 1.54) is 0 Å². The number of benzene rings is 1. The van der Waals surface area contributed by atoms with Crippen LogP contribution in [0.5, 0.6) is 5.75 Å². The molecule has 2 unspecified atom stereocenters. The quantitative estimate of drug-likeness (QED) is 0.734. The van der Waals surface area contributed by atoms with Gasteiger partial charge in [-0.25, -0.2) is 9.97 Å². The average Bonchev–Trinajstić information content (AvgIpc) is 3.05. The van der Waals surface area contributed by atoms with Crippen LogP contribution in [0.1, 0.15) is 31.5 Å². The molecule has 6 nitrogen and oxygen atoms in total. The molecule has 1 aromatic rings. The summed E-state index contributed by atoms with van der Waals surface area (Å²) in [5.74, 6) is 2.42. The van der Waals surface area contributed by atoms with Crippen LogP contribution in [0.4, 0.5) is 0 Å². The van der Waals surface area contributed by atoms with Crippen LogP contribution in [0.15, 0.2) is 36.5 Å². The molecule has 3 aliphatic rings. The molecule has 7 heteroatoms. The highest BCUT2D eigenvalue weighted by Gasteiger charge is 2.23. The molecule has 0 bridgehead atoms. The van der Waals surface area contributed by atoms with E-state index in [-0.39, 0.29) is 17.9 Å². The second kappa shape index (κ2) is 8.49. The Balaban J connectivity index is 0.00000121. The van der Waals surface area contributed by atoms with Crippen molar-refractivity contribution in [3.8, 4) is 28.4 Å². The molecule has 1 saturated heterocycles. The van der Waals surface area contributed by atoms with E-state index in [1.807, 2.05) is 30.5 Å². The highest BCUT2D eigenvalue weighted by molar-refractivity contribution is 5.85. The van der Waals surface area contributed by atoms with Gasteiger partial charge in [0.25, 0.3) is 0 Å². The third-order valence-electron chi connectivity index (χ3n) is 4.78. The van der Waals surface area contributed by atoms with Crippen molar-refractivity contribution in [3.05, 3.63) is 42.4 Å². The lowest BCUT2D eigenvalue weighted by Crippen LogP contribution is -2.35. The van der Waals surface area contributed by atoms with Gasteiger partial charge < -0.3 is 20.5 Å². The van der Waals surface area contributed by atoms with E-state index >= 15 is 0 Å². The van der Waals surface area contributed by atoms with Crippen LogP contribution < -0.4 is 10.1 Å². The Morgan fingerprint density at radius 3 is 2.62 bits per heavy atom. The zero-order valence-corrected chi connectivity index (χ0v) is 15.8. The lowest BCUT2D eigenvalue weighted by atomic mass is 9.92. The van der Waals surface area contributed by atoms with Gasteiger partial charge in [0.2, 0.25) is 0 Å². The smallest absolute Gasteiger partial charge is 0.118 e. The second-order valence-electron chi connectivity index (χ2n) is 6.51. The minimum absolute atomic E-state index is 0. The summed E-state index contributed by atoms with van der Waals surface area (Å²) >= 11 is 0. The molecule has 1 fully saturated rings. The molecule has 0 aromatic heterocycles. The normalized spacial score (nSPS) is 19.5. The molecule has 0 amide bonds. The third-order valence-corrected chi connectivity index (χ3v) is 4.78. The van der Waals surface area contributed by atoms with Gasteiger partial charge in [0.1, 0.15) is 17.3 Å². The molecule has 0 spiro atoms. The maximum absolute atomic E-state index is 5.21. The van der Waals surface area contributed by atoms with Crippen LogP contribution in [-0.4, -0.2) is 40.1 Å². The van der Waals surface area contributed by atoms with Gasteiger partial charge in [0.15, 0.2) is 0 Å². The fourth-order valence-electron chi connectivity index (χ4n) is 3.43. The van der Waals surface area contributed by atoms with Gasteiger partial charge in [0, 0.05) is 17.5 Å². The van der Waals surface area contributed by atoms with Gasteiger partial charge in [0.05, 0.1) is 24.7 Å². The number of aromatic nitrogens is 3. The molecular weight excluding hydrogens is 352 g/mol. The monoisotopic (exact) mass is 376 g/mol. The maximum Gasteiger partial charge on any atom is 0.118 e. The minimum atomic E-state index is 0. The molecule has 4 N–H and O–H groups in total. The zero-order valence-electron chi connectivity index (χ0n) is 15.0. The number of hydrogen-bond donors (Lipinski definition) is 2. The van der Waals surface area contributed by atoms with Crippen LogP contribution in [0.25, 0.3) is 22.6 Å². The lowest BCUT2D eigenvalue weighted by molar-refractivity contribution is 0.371. The Morgan fingerprint density at radius 1 is 1.15 bits per heavy atom.